The zero-order valence-electron chi connectivity index (χ0n) is 20.7. The van der Waals surface area contributed by atoms with Gasteiger partial charge < -0.3 is 15.2 Å². The smallest absolute Gasteiger partial charge is 0.337 e. The number of carboxylic acid groups (broad SMARTS) is 1. The van der Waals surface area contributed by atoms with Crippen molar-refractivity contribution in [2.75, 3.05) is 12.4 Å². The van der Waals surface area contributed by atoms with Gasteiger partial charge in [0.1, 0.15) is 11.6 Å². The minimum absolute atomic E-state index is 0.131. The van der Waals surface area contributed by atoms with E-state index < -0.39 is 5.97 Å². The van der Waals surface area contributed by atoms with Crippen LogP contribution in [0.2, 0.25) is 0 Å². The molecule has 6 nitrogen and oxygen atoms in total. The van der Waals surface area contributed by atoms with Crippen LogP contribution in [0.1, 0.15) is 27.2 Å². The standard InChI is InChI=1S/C30H27N3O3/c1-18-9-5-8-12-26(18)33-29(31-28-19(2)15-24(36-4)17-25(28)30(34)35)27(20(3)32-33)23-14-13-21-10-6-7-11-22(21)16-23/h5-17,31H,1-4H3,(H,34,35). The molecule has 0 saturated carbocycles. The summed E-state index contributed by atoms with van der Waals surface area (Å²) in [6.45, 7) is 5.88. The van der Waals surface area contributed by atoms with Crippen molar-refractivity contribution in [3.63, 3.8) is 0 Å². The first-order valence-corrected chi connectivity index (χ1v) is 11.7. The van der Waals surface area contributed by atoms with E-state index in [0.29, 0.717) is 17.3 Å². The van der Waals surface area contributed by atoms with Gasteiger partial charge in [0.25, 0.3) is 0 Å². The van der Waals surface area contributed by atoms with Crippen LogP contribution in [0, 0.1) is 20.8 Å². The number of benzene rings is 4. The van der Waals surface area contributed by atoms with E-state index >= 15 is 0 Å². The molecule has 0 fully saturated rings. The minimum Gasteiger partial charge on any atom is -0.497 e. The second-order valence-corrected chi connectivity index (χ2v) is 8.87. The zero-order valence-corrected chi connectivity index (χ0v) is 20.7. The second kappa shape index (κ2) is 9.23. The summed E-state index contributed by atoms with van der Waals surface area (Å²) in [6, 6.07) is 25.9. The number of hydrogen-bond donors (Lipinski definition) is 2. The fourth-order valence-corrected chi connectivity index (χ4v) is 4.63. The minimum atomic E-state index is -1.04. The number of rotatable bonds is 6. The summed E-state index contributed by atoms with van der Waals surface area (Å²) in [5.41, 5.74) is 6.10. The molecule has 0 aliphatic carbocycles. The number of nitrogens with zero attached hydrogens (tertiary/aromatic N) is 2. The summed E-state index contributed by atoms with van der Waals surface area (Å²) in [5, 5.41) is 20.7. The highest BCUT2D eigenvalue weighted by molar-refractivity contribution is 5.98. The van der Waals surface area contributed by atoms with Gasteiger partial charge in [-0.1, -0.05) is 54.6 Å². The molecule has 0 aliphatic heterocycles. The van der Waals surface area contributed by atoms with E-state index in [-0.39, 0.29) is 5.56 Å². The Bertz CT molecular complexity index is 1620. The Morgan fingerprint density at radius 1 is 0.889 bits per heavy atom. The first kappa shape index (κ1) is 23.2. The van der Waals surface area contributed by atoms with Crippen LogP contribution in [0.5, 0.6) is 5.75 Å². The van der Waals surface area contributed by atoms with E-state index in [1.165, 1.54) is 13.2 Å². The second-order valence-electron chi connectivity index (χ2n) is 8.87. The zero-order chi connectivity index (χ0) is 25.4. The van der Waals surface area contributed by atoms with Crippen LogP contribution in [0.15, 0.2) is 78.9 Å². The van der Waals surface area contributed by atoms with E-state index in [1.807, 2.05) is 67.9 Å². The molecule has 36 heavy (non-hydrogen) atoms. The van der Waals surface area contributed by atoms with Crippen LogP contribution in [-0.4, -0.2) is 28.0 Å². The molecule has 1 aromatic heterocycles. The maximum absolute atomic E-state index is 12.2. The van der Waals surface area contributed by atoms with Crippen LogP contribution in [0.25, 0.3) is 27.6 Å². The average Bonchev–Trinajstić information content (AvgIpc) is 3.20. The topological polar surface area (TPSA) is 76.4 Å². The molecule has 0 spiro atoms. The number of para-hydroxylation sites is 1. The van der Waals surface area contributed by atoms with Gasteiger partial charge in [0.05, 0.1) is 29.7 Å². The highest BCUT2D eigenvalue weighted by atomic mass is 16.5. The van der Waals surface area contributed by atoms with Crippen molar-refractivity contribution in [1.29, 1.82) is 0 Å². The Balaban J connectivity index is 1.77. The molecule has 0 radical (unpaired) electrons. The number of carbonyl (C=O) groups is 1. The van der Waals surface area contributed by atoms with Crippen LogP contribution < -0.4 is 10.1 Å². The molecule has 2 N–H and O–H groups in total. The molecule has 0 bridgehead atoms. The molecule has 0 unspecified atom stereocenters. The lowest BCUT2D eigenvalue weighted by molar-refractivity contribution is 0.0697. The van der Waals surface area contributed by atoms with Gasteiger partial charge in [0.15, 0.2) is 0 Å². The molecule has 0 aliphatic rings. The number of anilines is 2. The molecule has 0 atom stereocenters. The maximum atomic E-state index is 12.2. The van der Waals surface area contributed by atoms with Gasteiger partial charge in [-0.25, -0.2) is 9.48 Å². The van der Waals surface area contributed by atoms with Gasteiger partial charge in [-0.2, -0.15) is 5.10 Å². The molecule has 0 amide bonds. The summed E-state index contributed by atoms with van der Waals surface area (Å²) in [4.78, 5) is 12.2. The van der Waals surface area contributed by atoms with Crippen molar-refractivity contribution < 1.29 is 14.6 Å². The van der Waals surface area contributed by atoms with Gasteiger partial charge in [-0.05, 0) is 72.5 Å². The largest absolute Gasteiger partial charge is 0.497 e. The third-order valence-corrected chi connectivity index (χ3v) is 6.46. The number of aromatic carboxylic acids is 1. The Morgan fingerprint density at radius 2 is 1.61 bits per heavy atom. The Labute approximate surface area is 209 Å². The monoisotopic (exact) mass is 477 g/mol. The van der Waals surface area contributed by atoms with E-state index in [1.54, 1.807) is 0 Å². The third kappa shape index (κ3) is 4.07. The molecule has 180 valence electrons. The normalized spacial score (nSPS) is 11.0. The van der Waals surface area contributed by atoms with E-state index in [9.17, 15) is 9.90 Å². The Hall–Kier alpha value is -4.58. The summed E-state index contributed by atoms with van der Waals surface area (Å²) < 4.78 is 7.19. The summed E-state index contributed by atoms with van der Waals surface area (Å²) >= 11 is 0. The lowest BCUT2D eigenvalue weighted by Gasteiger charge is -2.18. The van der Waals surface area contributed by atoms with Gasteiger partial charge in [-0.15, -0.1) is 0 Å². The average molecular weight is 478 g/mol. The van der Waals surface area contributed by atoms with Gasteiger partial charge in [0.2, 0.25) is 0 Å². The van der Waals surface area contributed by atoms with Crippen LogP contribution in [-0.2, 0) is 0 Å². The molecular weight excluding hydrogens is 450 g/mol. The molecule has 0 saturated heterocycles. The number of carboxylic acids is 1. The molecule has 4 aromatic carbocycles. The van der Waals surface area contributed by atoms with E-state index in [4.69, 9.17) is 9.84 Å². The fraction of sp³-hybridized carbons (Fsp3) is 0.133. The molecular formula is C30H27N3O3. The van der Waals surface area contributed by atoms with Crippen LogP contribution in [0.3, 0.4) is 0 Å². The van der Waals surface area contributed by atoms with Crippen molar-refractivity contribution in [2.45, 2.75) is 20.8 Å². The number of aromatic nitrogens is 2. The molecule has 6 heteroatoms. The Kier molecular flexibility index (Phi) is 5.94. The maximum Gasteiger partial charge on any atom is 0.337 e. The lowest BCUT2D eigenvalue weighted by atomic mass is 10.0. The quantitative estimate of drug-likeness (QED) is 0.274. The number of ether oxygens (including phenoxy) is 1. The first-order chi connectivity index (χ1) is 17.4. The summed E-state index contributed by atoms with van der Waals surface area (Å²) in [5.74, 6) is 0.159. The third-order valence-electron chi connectivity index (χ3n) is 6.46. The van der Waals surface area contributed by atoms with E-state index in [2.05, 4.69) is 35.6 Å². The SMILES string of the molecule is COc1cc(C)c(Nc2c(-c3ccc4ccccc4c3)c(C)nn2-c2ccccc2C)c(C(=O)O)c1. The summed E-state index contributed by atoms with van der Waals surface area (Å²) in [7, 11) is 1.53. The van der Waals surface area contributed by atoms with E-state index in [0.717, 1.165) is 44.4 Å². The number of fused-ring (bicyclic) bond motifs is 1. The van der Waals surface area contributed by atoms with Crippen LogP contribution >= 0.6 is 0 Å². The van der Waals surface area contributed by atoms with Crippen molar-refractivity contribution in [1.82, 2.24) is 9.78 Å². The highest BCUT2D eigenvalue weighted by Crippen LogP contribution is 2.39. The fourth-order valence-electron chi connectivity index (χ4n) is 4.63. The van der Waals surface area contributed by atoms with Crippen molar-refractivity contribution in [3.05, 3.63) is 101 Å². The number of methoxy groups -OCH3 is 1. The molecule has 5 rings (SSSR count). The summed E-state index contributed by atoms with van der Waals surface area (Å²) in [6.07, 6.45) is 0. The van der Waals surface area contributed by atoms with Crippen LogP contribution in [0.4, 0.5) is 11.5 Å². The Morgan fingerprint density at radius 3 is 2.33 bits per heavy atom. The highest BCUT2D eigenvalue weighted by Gasteiger charge is 2.23. The van der Waals surface area contributed by atoms with Crippen molar-refractivity contribution in [3.8, 4) is 22.6 Å². The molecule has 5 aromatic rings. The predicted molar refractivity (Wildman–Crippen MR) is 144 cm³/mol. The lowest BCUT2D eigenvalue weighted by Crippen LogP contribution is -2.10. The van der Waals surface area contributed by atoms with Gasteiger partial charge >= 0.3 is 5.97 Å². The van der Waals surface area contributed by atoms with Gasteiger partial charge in [-0.3, -0.25) is 0 Å². The predicted octanol–water partition coefficient (Wildman–Crippen LogP) is 7.07. The number of nitrogens with one attached hydrogen (secondary N) is 1. The van der Waals surface area contributed by atoms with Gasteiger partial charge in [0, 0.05) is 5.56 Å². The number of aryl methyl sites for hydroxylation is 3. The van der Waals surface area contributed by atoms with Crippen molar-refractivity contribution >= 4 is 28.2 Å². The molecule has 1 heterocycles. The van der Waals surface area contributed by atoms with Crippen molar-refractivity contribution in [2.24, 2.45) is 0 Å². The first-order valence-electron chi connectivity index (χ1n) is 11.7. The number of hydrogen-bond acceptors (Lipinski definition) is 4.